The zero-order valence-electron chi connectivity index (χ0n) is 14.1. The minimum atomic E-state index is -3.44. The van der Waals surface area contributed by atoms with Crippen LogP contribution in [0.5, 0.6) is 0 Å². The van der Waals surface area contributed by atoms with Crippen molar-refractivity contribution in [3.63, 3.8) is 0 Å². The Kier molecular flexibility index (Phi) is 5.13. The van der Waals surface area contributed by atoms with Gasteiger partial charge in [-0.25, -0.2) is 0 Å². The van der Waals surface area contributed by atoms with E-state index in [-0.39, 0.29) is 26.0 Å². The number of alkyl halides is 2. The molecule has 1 atom stereocenters. The largest absolute Gasteiger partial charge is 0.384 e. The van der Waals surface area contributed by atoms with Gasteiger partial charge in [0.25, 0.3) is 5.91 Å². The molecule has 1 spiro atoms. The maximum atomic E-state index is 12.9. The Morgan fingerprint density at radius 2 is 1.88 bits per heavy atom. The van der Waals surface area contributed by atoms with Crippen molar-refractivity contribution >= 4 is 42.4 Å². The van der Waals surface area contributed by atoms with Gasteiger partial charge in [-0.15, -0.1) is 0 Å². The topological polar surface area (TPSA) is 67.9 Å². The van der Waals surface area contributed by atoms with E-state index in [4.69, 9.17) is 32.2 Å². The number of fused-ring (bicyclic) bond motifs is 2. The summed E-state index contributed by atoms with van der Waals surface area (Å²) in [6.07, 6.45) is -0.168. The summed E-state index contributed by atoms with van der Waals surface area (Å²) in [6.45, 7) is 4.57. The van der Waals surface area contributed by atoms with Gasteiger partial charge in [0.05, 0.1) is 18.6 Å². The summed E-state index contributed by atoms with van der Waals surface area (Å²) in [7, 11) is -3.44. The maximum absolute atomic E-state index is 12.9. The highest BCUT2D eigenvalue weighted by Gasteiger charge is 2.66. The first-order valence-corrected chi connectivity index (χ1v) is 10.7. The van der Waals surface area contributed by atoms with Gasteiger partial charge in [-0.05, 0) is 25.5 Å². The van der Waals surface area contributed by atoms with E-state index in [0.717, 1.165) is 11.3 Å². The second kappa shape index (κ2) is 6.75. The number of carbonyl (C=O) groups is 1. The van der Waals surface area contributed by atoms with E-state index in [9.17, 15) is 9.36 Å². The fraction of sp³-hybridized carbons (Fsp3) is 0.562. The lowest BCUT2D eigenvalue weighted by Crippen LogP contribution is -2.46. The van der Waals surface area contributed by atoms with Crippen LogP contribution in [0.25, 0.3) is 0 Å². The molecule has 1 saturated heterocycles. The molecule has 138 valence electrons. The van der Waals surface area contributed by atoms with Crippen molar-refractivity contribution in [3.8, 4) is 0 Å². The monoisotopic (exact) mass is 406 g/mol. The van der Waals surface area contributed by atoms with Crippen LogP contribution in [0.1, 0.15) is 19.4 Å². The smallest absolute Gasteiger partial charge is 0.349 e. The third kappa shape index (κ3) is 2.98. The Balaban J connectivity index is 1.94. The van der Waals surface area contributed by atoms with E-state index in [1.807, 2.05) is 24.3 Å². The van der Waals surface area contributed by atoms with Crippen molar-refractivity contribution in [3.05, 3.63) is 29.8 Å². The number of likely N-dealkylation sites (tertiary alicyclic amines) is 1. The predicted octanol–water partition coefficient (Wildman–Crippen LogP) is 3.59. The Labute approximate surface area is 157 Å². The summed E-state index contributed by atoms with van der Waals surface area (Å²) in [6, 6.07) is 7.63. The second-order valence-corrected chi connectivity index (χ2v) is 9.50. The highest BCUT2D eigenvalue weighted by atomic mass is 35.5. The molecule has 1 aromatic carbocycles. The van der Waals surface area contributed by atoms with E-state index in [2.05, 4.69) is 5.32 Å². The molecular formula is C16H21Cl2N2O4P. The lowest BCUT2D eigenvalue weighted by atomic mass is 9.80. The van der Waals surface area contributed by atoms with Gasteiger partial charge in [-0.2, -0.15) is 0 Å². The van der Waals surface area contributed by atoms with Gasteiger partial charge in [0.1, 0.15) is 6.29 Å². The molecule has 9 heteroatoms. The number of anilines is 1. The van der Waals surface area contributed by atoms with Gasteiger partial charge in [0.2, 0.25) is 4.33 Å². The normalized spacial score (nSPS) is 24.6. The molecule has 1 amide bonds. The third-order valence-electron chi connectivity index (χ3n) is 4.64. The molecule has 3 rings (SSSR count). The van der Waals surface area contributed by atoms with Crippen LogP contribution in [0.15, 0.2) is 24.3 Å². The fourth-order valence-corrected chi connectivity index (χ4v) is 5.92. The number of nitrogens with one attached hydrogen (secondary N) is 1. The molecule has 1 unspecified atom stereocenters. The summed E-state index contributed by atoms with van der Waals surface area (Å²) in [5, 5.41) is 3.26. The van der Waals surface area contributed by atoms with Crippen molar-refractivity contribution in [2.45, 2.75) is 23.6 Å². The van der Waals surface area contributed by atoms with Gasteiger partial charge >= 0.3 is 7.60 Å². The molecule has 0 saturated carbocycles. The van der Waals surface area contributed by atoms with Gasteiger partial charge in [0.15, 0.2) is 0 Å². The van der Waals surface area contributed by atoms with Gasteiger partial charge < -0.3 is 19.3 Å². The number of halogens is 2. The van der Waals surface area contributed by atoms with Crippen LogP contribution in [-0.4, -0.2) is 47.7 Å². The quantitative estimate of drug-likeness (QED) is 0.577. The van der Waals surface area contributed by atoms with Crippen molar-refractivity contribution in [2.24, 2.45) is 0 Å². The van der Waals surface area contributed by atoms with Crippen LogP contribution in [0.3, 0.4) is 0 Å². The van der Waals surface area contributed by atoms with E-state index in [0.29, 0.717) is 6.54 Å². The van der Waals surface area contributed by atoms with Crippen LogP contribution < -0.4 is 5.32 Å². The van der Waals surface area contributed by atoms with Crippen LogP contribution in [0, 0.1) is 0 Å². The molecule has 2 heterocycles. The van der Waals surface area contributed by atoms with E-state index < -0.39 is 23.3 Å². The zero-order chi connectivity index (χ0) is 18.3. The van der Waals surface area contributed by atoms with E-state index in [1.165, 1.54) is 4.90 Å². The molecule has 1 fully saturated rings. The lowest BCUT2D eigenvalue weighted by molar-refractivity contribution is -0.127. The number of nitrogens with zero attached hydrogens (tertiary/aromatic N) is 1. The lowest BCUT2D eigenvalue weighted by Gasteiger charge is -2.30. The number of hydrogen-bond acceptors (Lipinski definition) is 5. The van der Waals surface area contributed by atoms with E-state index in [1.54, 1.807) is 13.8 Å². The number of para-hydroxylation sites is 1. The molecule has 1 N–H and O–H groups in total. The second-order valence-electron chi connectivity index (χ2n) is 6.15. The number of rotatable bonds is 6. The molecular weight excluding hydrogens is 386 g/mol. The Bertz CT molecular complexity index is 720. The van der Waals surface area contributed by atoms with Crippen LogP contribution >= 0.6 is 30.8 Å². The Morgan fingerprint density at radius 1 is 1.24 bits per heavy atom. The molecule has 2 aliphatic rings. The molecule has 1 aromatic rings. The zero-order valence-corrected chi connectivity index (χ0v) is 16.5. The van der Waals surface area contributed by atoms with Crippen molar-refractivity contribution in [1.29, 1.82) is 0 Å². The summed E-state index contributed by atoms with van der Waals surface area (Å²) in [5.74, 6) is -0.478. The Morgan fingerprint density at radius 3 is 2.52 bits per heavy atom. The molecule has 6 nitrogen and oxygen atoms in total. The first kappa shape index (κ1) is 19.0. The van der Waals surface area contributed by atoms with Gasteiger partial charge in [0, 0.05) is 18.8 Å². The first-order valence-electron chi connectivity index (χ1n) is 8.18. The average Bonchev–Trinajstić information content (AvgIpc) is 3.02. The maximum Gasteiger partial charge on any atom is 0.349 e. The summed E-state index contributed by atoms with van der Waals surface area (Å²) >= 11 is 13.1. The molecule has 0 aliphatic carbocycles. The first-order chi connectivity index (χ1) is 11.8. The summed E-state index contributed by atoms with van der Waals surface area (Å²) in [5.41, 5.74) is 0.978. The summed E-state index contributed by atoms with van der Waals surface area (Å²) < 4.78 is 21.8. The highest BCUT2D eigenvalue weighted by molar-refractivity contribution is 7.53. The SMILES string of the molecule is CCOP(=O)(CN1CC2(CNc3ccccc32)C(Cl)(Cl)C1=O)OCC. The minimum absolute atomic E-state index is 0.168. The van der Waals surface area contributed by atoms with Gasteiger partial charge in [-0.3, -0.25) is 9.36 Å². The number of benzene rings is 1. The minimum Gasteiger partial charge on any atom is -0.384 e. The highest BCUT2D eigenvalue weighted by Crippen LogP contribution is 2.57. The van der Waals surface area contributed by atoms with Crippen LogP contribution in [-0.2, 0) is 23.8 Å². The Hall–Kier alpha value is -0.780. The summed E-state index contributed by atoms with van der Waals surface area (Å²) in [4.78, 5) is 14.3. The standard InChI is InChI=1S/C16H21Cl2N2O4P/c1-3-23-25(22,24-4-2)11-20-10-15(16(17,18)14(20)21)9-19-13-8-6-5-7-12(13)15/h5-8,19H,3-4,9-11H2,1-2H3. The molecule has 2 aliphatic heterocycles. The average molecular weight is 407 g/mol. The number of hydrogen-bond donors (Lipinski definition) is 1. The van der Waals surface area contributed by atoms with Crippen molar-refractivity contribution in [2.75, 3.05) is 37.9 Å². The molecule has 0 radical (unpaired) electrons. The predicted molar refractivity (Wildman–Crippen MR) is 98.5 cm³/mol. The van der Waals surface area contributed by atoms with Crippen molar-refractivity contribution in [1.82, 2.24) is 4.90 Å². The van der Waals surface area contributed by atoms with Crippen LogP contribution in [0.2, 0.25) is 0 Å². The third-order valence-corrected chi connectivity index (χ3v) is 7.67. The fourth-order valence-electron chi connectivity index (χ4n) is 3.55. The molecule has 0 bridgehead atoms. The number of amides is 1. The molecule has 25 heavy (non-hydrogen) atoms. The number of carbonyl (C=O) groups excluding carboxylic acids is 1. The van der Waals surface area contributed by atoms with E-state index >= 15 is 0 Å². The van der Waals surface area contributed by atoms with Crippen LogP contribution in [0.4, 0.5) is 5.69 Å². The van der Waals surface area contributed by atoms with Gasteiger partial charge in [-0.1, -0.05) is 41.4 Å². The van der Waals surface area contributed by atoms with Crippen molar-refractivity contribution < 1.29 is 18.4 Å². The molecule has 0 aromatic heterocycles.